The minimum Gasteiger partial charge on any atom is -0.459 e. The Hall–Kier alpha value is -2.60. The number of benzene rings is 1. The molecule has 6 heteroatoms. The number of carbonyl (C=O) groups is 1. The number of carbonyl (C=O) groups excluding carboxylic acids is 1. The van der Waals surface area contributed by atoms with Gasteiger partial charge in [0.2, 0.25) is 0 Å². The van der Waals surface area contributed by atoms with Crippen LogP contribution >= 0.6 is 0 Å². The summed E-state index contributed by atoms with van der Waals surface area (Å²) in [6.07, 6.45) is 3.52. The molecular formula is C20H23N3O3. The number of nitrogens with zero attached hydrogens (tertiary/aromatic N) is 2. The molecule has 0 saturated carbocycles. The van der Waals surface area contributed by atoms with Crippen LogP contribution in [0.2, 0.25) is 0 Å². The monoisotopic (exact) mass is 353 g/mol. The Labute approximate surface area is 152 Å². The van der Waals surface area contributed by atoms with Gasteiger partial charge in [0.25, 0.3) is 5.91 Å². The summed E-state index contributed by atoms with van der Waals surface area (Å²) in [6, 6.07) is 8.21. The van der Waals surface area contributed by atoms with Crippen LogP contribution in [0.3, 0.4) is 0 Å². The first-order valence-electron chi connectivity index (χ1n) is 9.02. The van der Waals surface area contributed by atoms with Gasteiger partial charge in [0, 0.05) is 29.9 Å². The number of para-hydroxylation sites is 1. The first kappa shape index (κ1) is 16.8. The van der Waals surface area contributed by atoms with Crippen LogP contribution in [0.25, 0.3) is 11.0 Å². The fourth-order valence-corrected chi connectivity index (χ4v) is 3.59. The summed E-state index contributed by atoms with van der Waals surface area (Å²) in [6.45, 7) is 5.82. The molecule has 3 aromatic rings. The fraction of sp³-hybridized carbons (Fsp3) is 0.400. The number of hydrogen-bond acceptors (Lipinski definition) is 4. The van der Waals surface area contributed by atoms with Gasteiger partial charge in [0.05, 0.1) is 24.3 Å². The molecule has 26 heavy (non-hydrogen) atoms. The van der Waals surface area contributed by atoms with Crippen LogP contribution in [0, 0.1) is 13.8 Å². The molecule has 0 aliphatic carbocycles. The molecule has 4 rings (SSSR count). The quantitative estimate of drug-likeness (QED) is 0.779. The van der Waals surface area contributed by atoms with Crippen molar-refractivity contribution in [3.05, 3.63) is 53.0 Å². The zero-order valence-corrected chi connectivity index (χ0v) is 15.1. The van der Waals surface area contributed by atoms with E-state index in [9.17, 15) is 4.79 Å². The highest BCUT2D eigenvalue weighted by Gasteiger charge is 2.22. The molecule has 0 spiro atoms. The summed E-state index contributed by atoms with van der Waals surface area (Å²) >= 11 is 0. The molecule has 0 atom stereocenters. The molecule has 3 heterocycles. The summed E-state index contributed by atoms with van der Waals surface area (Å²) in [5.41, 5.74) is 3.43. The second kappa shape index (κ2) is 6.96. The van der Waals surface area contributed by atoms with Gasteiger partial charge in [0.15, 0.2) is 0 Å². The van der Waals surface area contributed by atoms with Crippen molar-refractivity contribution < 1.29 is 13.9 Å². The van der Waals surface area contributed by atoms with Crippen LogP contribution in [0.4, 0.5) is 0 Å². The van der Waals surface area contributed by atoms with Gasteiger partial charge in [-0.25, -0.2) is 0 Å². The summed E-state index contributed by atoms with van der Waals surface area (Å²) in [5.74, 6) is 0.662. The van der Waals surface area contributed by atoms with E-state index >= 15 is 0 Å². The summed E-state index contributed by atoms with van der Waals surface area (Å²) in [5, 5.41) is 8.49. The number of aromatic nitrogens is 2. The van der Waals surface area contributed by atoms with E-state index in [1.165, 1.54) is 0 Å². The molecule has 1 amide bonds. The molecule has 1 aliphatic rings. The number of ether oxygens (including phenoxy) is 1. The second-order valence-corrected chi connectivity index (χ2v) is 6.76. The van der Waals surface area contributed by atoms with E-state index in [-0.39, 0.29) is 5.91 Å². The number of aryl methyl sites for hydroxylation is 1. The average molecular weight is 353 g/mol. The Morgan fingerprint density at radius 3 is 2.81 bits per heavy atom. The van der Waals surface area contributed by atoms with Crippen molar-refractivity contribution in [3.8, 4) is 0 Å². The Morgan fingerprint density at radius 1 is 1.27 bits per heavy atom. The maximum absolute atomic E-state index is 12.6. The lowest BCUT2D eigenvalue weighted by atomic mass is 10.1. The predicted molar refractivity (Wildman–Crippen MR) is 98.2 cm³/mol. The standard InChI is InChI=1S/C20H23N3O3/c1-13-16-5-3-4-6-18(16)26-19(13)12-21-20(24)17-11-22-23(14(17)2)15-7-9-25-10-8-15/h3-6,11,15H,7-10,12H2,1-2H3,(H,21,24). The Bertz CT molecular complexity index is 935. The van der Waals surface area contributed by atoms with Crippen molar-refractivity contribution >= 4 is 16.9 Å². The van der Waals surface area contributed by atoms with E-state index in [4.69, 9.17) is 9.15 Å². The van der Waals surface area contributed by atoms with Crippen LogP contribution in [0.5, 0.6) is 0 Å². The number of hydrogen-bond donors (Lipinski definition) is 1. The fourth-order valence-electron chi connectivity index (χ4n) is 3.59. The van der Waals surface area contributed by atoms with Gasteiger partial charge in [0.1, 0.15) is 11.3 Å². The van der Waals surface area contributed by atoms with E-state index < -0.39 is 0 Å². The maximum atomic E-state index is 12.6. The minimum absolute atomic E-state index is 0.124. The third kappa shape index (κ3) is 3.01. The Balaban J connectivity index is 1.48. The van der Waals surface area contributed by atoms with E-state index in [0.717, 1.165) is 54.0 Å². The van der Waals surface area contributed by atoms with Crippen LogP contribution in [-0.2, 0) is 11.3 Å². The lowest BCUT2D eigenvalue weighted by Crippen LogP contribution is -2.24. The number of rotatable bonds is 4. The molecule has 1 fully saturated rings. The molecule has 1 N–H and O–H groups in total. The maximum Gasteiger partial charge on any atom is 0.255 e. The van der Waals surface area contributed by atoms with Crippen LogP contribution in [0.1, 0.15) is 46.3 Å². The van der Waals surface area contributed by atoms with E-state index in [2.05, 4.69) is 10.4 Å². The average Bonchev–Trinajstić information content (AvgIpc) is 3.21. The number of furan rings is 1. The van der Waals surface area contributed by atoms with Gasteiger partial charge < -0.3 is 14.5 Å². The van der Waals surface area contributed by atoms with E-state index in [0.29, 0.717) is 18.2 Å². The van der Waals surface area contributed by atoms with Crippen molar-refractivity contribution in [3.63, 3.8) is 0 Å². The third-order valence-corrected chi connectivity index (χ3v) is 5.18. The Kier molecular flexibility index (Phi) is 4.51. The molecule has 0 unspecified atom stereocenters. The van der Waals surface area contributed by atoms with Crippen molar-refractivity contribution in [2.24, 2.45) is 0 Å². The molecule has 2 aromatic heterocycles. The van der Waals surface area contributed by atoms with Crippen molar-refractivity contribution in [1.29, 1.82) is 0 Å². The smallest absolute Gasteiger partial charge is 0.255 e. The molecule has 1 aliphatic heterocycles. The third-order valence-electron chi connectivity index (χ3n) is 5.18. The highest BCUT2D eigenvalue weighted by molar-refractivity contribution is 5.95. The lowest BCUT2D eigenvalue weighted by Gasteiger charge is -2.23. The van der Waals surface area contributed by atoms with Gasteiger partial charge in [-0.3, -0.25) is 9.48 Å². The molecule has 0 bridgehead atoms. The predicted octanol–water partition coefficient (Wildman–Crippen LogP) is 3.53. The van der Waals surface area contributed by atoms with Crippen LogP contribution in [-0.4, -0.2) is 28.9 Å². The molecule has 0 radical (unpaired) electrons. The first-order valence-corrected chi connectivity index (χ1v) is 9.02. The van der Waals surface area contributed by atoms with Gasteiger partial charge >= 0.3 is 0 Å². The Morgan fingerprint density at radius 2 is 2.04 bits per heavy atom. The highest BCUT2D eigenvalue weighted by Crippen LogP contribution is 2.25. The normalized spacial score (nSPS) is 15.5. The summed E-state index contributed by atoms with van der Waals surface area (Å²) in [4.78, 5) is 12.6. The molecule has 6 nitrogen and oxygen atoms in total. The summed E-state index contributed by atoms with van der Waals surface area (Å²) < 4.78 is 13.2. The first-order chi connectivity index (χ1) is 12.6. The van der Waals surface area contributed by atoms with Crippen molar-refractivity contribution in [1.82, 2.24) is 15.1 Å². The second-order valence-electron chi connectivity index (χ2n) is 6.76. The lowest BCUT2D eigenvalue weighted by molar-refractivity contribution is 0.0656. The number of amides is 1. The zero-order chi connectivity index (χ0) is 18.1. The van der Waals surface area contributed by atoms with Crippen LogP contribution < -0.4 is 5.32 Å². The SMILES string of the molecule is Cc1c(CNC(=O)c2cnn(C3CCOCC3)c2C)oc2ccccc12. The van der Waals surface area contributed by atoms with Gasteiger partial charge in [-0.1, -0.05) is 18.2 Å². The minimum atomic E-state index is -0.124. The largest absolute Gasteiger partial charge is 0.459 e. The van der Waals surface area contributed by atoms with Gasteiger partial charge in [-0.2, -0.15) is 5.10 Å². The van der Waals surface area contributed by atoms with Crippen molar-refractivity contribution in [2.75, 3.05) is 13.2 Å². The van der Waals surface area contributed by atoms with Crippen LogP contribution in [0.15, 0.2) is 34.9 Å². The highest BCUT2D eigenvalue weighted by atomic mass is 16.5. The molecule has 1 saturated heterocycles. The molecular weight excluding hydrogens is 330 g/mol. The van der Waals surface area contributed by atoms with Crippen molar-refractivity contribution in [2.45, 2.75) is 39.3 Å². The van der Waals surface area contributed by atoms with Gasteiger partial charge in [-0.15, -0.1) is 0 Å². The topological polar surface area (TPSA) is 69.3 Å². The molecule has 1 aromatic carbocycles. The number of nitrogens with one attached hydrogen (secondary N) is 1. The summed E-state index contributed by atoms with van der Waals surface area (Å²) in [7, 11) is 0. The van der Waals surface area contributed by atoms with Gasteiger partial charge in [-0.05, 0) is 32.8 Å². The van der Waals surface area contributed by atoms with E-state index in [1.807, 2.05) is 42.8 Å². The number of fused-ring (bicyclic) bond motifs is 1. The zero-order valence-electron chi connectivity index (χ0n) is 15.1. The van der Waals surface area contributed by atoms with E-state index in [1.54, 1.807) is 6.20 Å². The molecule has 136 valence electrons.